The molecule has 0 N–H and O–H groups in total. The summed E-state index contributed by atoms with van der Waals surface area (Å²) < 4.78 is 27.3. The SMILES string of the molecule is COc1cc(C(C)C)c(Cl)cc1CS(=O)(=O)Cl. The summed E-state index contributed by atoms with van der Waals surface area (Å²) in [5.41, 5.74) is 1.39. The van der Waals surface area contributed by atoms with Gasteiger partial charge >= 0.3 is 0 Å². The highest BCUT2D eigenvalue weighted by Crippen LogP contribution is 2.33. The fourth-order valence-electron chi connectivity index (χ4n) is 1.54. The van der Waals surface area contributed by atoms with Crippen LogP contribution in [-0.4, -0.2) is 15.5 Å². The van der Waals surface area contributed by atoms with Crippen LogP contribution in [0.4, 0.5) is 0 Å². The van der Waals surface area contributed by atoms with Gasteiger partial charge in [-0.1, -0.05) is 25.4 Å². The quantitative estimate of drug-likeness (QED) is 0.798. The summed E-state index contributed by atoms with van der Waals surface area (Å²) in [4.78, 5) is 0. The molecular formula is C11H14Cl2O3S. The van der Waals surface area contributed by atoms with Gasteiger partial charge in [-0.3, -0.25) is 0 Å². The fraction of sp³-hybridized carbons (Fsp3) is 0.455. The van der Waals surface area contributed by atoms with Gasteiger partial charge in [0, 0.05) is 21.3 Å². The first-order valence-corrected chi connectivity index (χ1v) is 7.89. The van der Waals surface area contributed by atoms with E-state index in [1.165, 1.54) is 7.11 Å². The van der Waals surface area contributed by atoms with Crippen LogP contribution in [0.25, 0.3) is 0 Å². The Morgan fingerprint density at radius 1 is 1.35 bits per heavy atom. The molecule has 0 aliphatic heterocycles. The maximum absolute atomic E-state index is 11.1. The first kappa shape index (κ1) is 14.6. The highest BCUT2D eigenvalue weighted by Gasteiger charge is 2.16. The molecule has 0 radical (unpaired) electrons. The monoisotopic (exact) mass is 296 g/mol. The summed E-state index contributed by atoms with van der Waals surface area (Å²) in [5.74, 6) is 0.427. The molecule has 0 saturated carbocycles. The number of methoxy groups -OCH3 is 1. The van der Waals surface area contributed by atoms with E-state index in [2.05, 4.69) is 0 Å². The second-order valence-corrected chi connectivity index (χ2v) is 7.21. The molecule has 1 aromatic carbocycles. The number of rotatable bonds is 4. The van der Waals surface area contributed by atoms with Crippen molar-refractivity contribution in [2.45, 2.75) is 25.5 Å². The molecular weight excluding hydrogens is 283 g/mol. The maximum Gasteiger partial charge on any atom is 0.236 e. The topological polar surface area (TPSA) is 43.4 Å². The Morgan fingerprint density at radius 3 is 2.35 bits per heavy atom. The molecule has 0 spiro atoms. The van der Waals surface area contributed by atoms with E-state index in [0.717, 1.165) is 5.56 Å². The summed E-state index contributed by atoms with van der Waals surface area (Å²) in [7, 11) is 3.08. The molecule has 0 saturated heterocycles. The average Bonchev–Trinajstić information content (AvgIpc) is 2.14. The highest BCUT2D eigenvalue weighted by molar-refractivity contribution is 8.13. The van der Waals surface area contributed by atoms with Crippen LogP contribution in [0.15, 0.2) is 12.1 Å². The lowest BCUT2D eigenvalue weighted by atomic mass is 10.0. The van der Waals surface area contributed by atoms with Crippen LogP contribution in [0.2, 0.25) is 5.02 Å². The molecule has 3 nitrogen and oxygen atoms in total. The van der Waals surface area contributed by atoms with E-state index in [0.29, 0.717) is 16.3 Å². The van der Waals surface area contributed by atoms with Crippen LogP contribution in [0.3, 0.4) is 0 Å². The number of benzene rings is 1. The first-order valence-electron chi connectivity index (χ1n) is 5.03. The molecule has 0 aromatic heterocycles. The van der Waals surface area contributed by atoms with E-state index in [-0.39, 0.29) is 11.7 Å². The van der Waals surface area contributed by atoms with Crippen molar-refractivity contribution >= 4 is 31.3 Å². The van der Waals surface area contributed by atoms with Crippen molar-refractivity contribution in [1.82, 2.24) is 0 Å². The first-order chi connectivity index (χ1) is 7.74. The Bertz CT molecular complexity index is 510. The van der Waals surface area contributed by atoms with Gasteiger partial charge in [0.05, 0.1) is 12.9 Å². The third kappa shape index (κ3) is 4.05. The summed E-state index contributed by atoms with van der Waals surface area (Å²) in [6.07, 6.45) is 0. The van der Waals surface area contributed by atoms with E-state index >= 15 is 0 Å². The van der Waals surface area contributed by atoms with Crippen LogP contribution in [0.1, 0.15) is 30.9 Å². The molecule has 0 heterocycles. The normalized spacial score (nSPS) is 11.9. The second-order valence-electron chi connectivity index (χ2n) is 4.02. The minimum Gasteiger partial charge on any atom is -0.496 e. The predicted molar refractivity (Wildman–Crippen MR) is 70.6 cm³/mol. The van der Waals surface area contributed by atoms with Crippen molar-refractivity contribution in [2.75, 3.05) is 7.11 Å². The molecule has 0 amide bonds. The molecule has 0 fully saturated rings. The van der Waals surface area contributed by atoms with Crippen molar-refractivity contribution in [3.05, 3.63) is 28.3 Å². The van der Waals surface area contributed by atoms with Crippen molar-refractivity contribution in [1.29, 1.82) is 0 Å². The van der Waals surface area contributed by atoms with Gasteiger partial charge in [-0.05, 0) is 23.6 Å². The lowest BCUT2D eigenvalue weighted by molar-refractivity contribution is 0.410. The minimum absolute atomic E-state index is 0.234. The van der Waals surface area contributed by atoms with Crippen molar-refractivity contribution in [2.24, 2.45) is 0 Å². The van der Waals surface area contributed by atoms with E-state index in [4.69, 9.17) is 27.0 Å². The van der Waals surface area contributed by atoms with Gasteiger partial charge < -0.3 is 4.74 Å². The largest absolute Gasteiger partial charge is 0.496 e. The van der Waals surface area contributed by atoms with E-state index in [1.54, 1.807) is 12.1 Å². The third-order valence-electron chi connectivity index (χ3n) is 2.35. The van der Waals surface area contributed by atoms with Gasteiger partial charge in [0.15, 0.2) is 0 Å². The predicted octanol–water partition coefficient (Wildman–Crippen LogP) is 3.54. The second kappa shape index (κ2) is 5.46. The molecule has 0 unspecified atom stereocenters. The highest BCUT2D eigenvalue weighted by atomic mass is 35.7. The van der Waals surface area contributed by atoms with Gasteiger partial charge in [-0.2, -0.15) is 0 Å². The summed E-state index contributed by atoms with van der Waals surface area (Å²) in [6.45, 7) is 4.00. The molecule has 6 heteroatoms. The minimum atomic E-state index is -3.63. The zero-order chi connectivity index (χ0) is 13.2. The Hall–Kier alpha value is -0.450. The summed E-state index contributed by atoms with van der Waals surface area (Å²) >= 11 is 6.09. The Kier molecular flexibility index (Phi) is 4.69. The summed E-state index contributed by atoms with van der Waals surface area (Å²) in [5, 5.41) is 0.524. The van der Waals surface area contributed by atoms with Crippen LogP contribution in [-0.2, 0) is 14.8 Å². The molecule has 0 bridgehead atoms. The smallest absolute Gasteiger partial charge is 0.236 e. The standard InChI is InChI=1S/C11H14Cl2O3S/c1-7(2)9-5-11(16-3)8(4-10(9)12)6-17(13,14)15/h4-5,7H,6H2,1-3H3. The van der Waals surface area contributed by atoms with E-state index in [9.17, 15) is 8.42 Å². The average molecular weight is 297 g/mol. The van der Waals surface area contributed by atoms with Crippen LogP contribution < -0.4 is 4.74 Å². The lowest BCUT2D eigenvalue weighted by Gasteiger charge is -2.14. The Balaban J connectivity index is 3.28. The number of hydrogen-bond donors (Lipinski definition) is 0. The van der Waals surface area contributed by atoms with Gasteiger partial charge in [0.25, 0.3) is 0 Å². The van der Waals surface area contributed by atoms with Crippen molar-refractivity contribution < 1.29 is 13.2 Å². The van der Waals surface area contributed by atoms with Gasteiger partial charge in [-0.15, -0.1) is 0 Å². The Morgan fingerprint density at radius 2 is 1.94 bits per heavy atom. The Labute approximate surface area is 111 Å². The number of hydrogen-bond acceptors (Lipinski definition) is 3. The number of halogens is 2. The molecule has 0 atom stereocenters. The van der Waals surface area contributed by atoms with Gasteiger partial charge in [0.1, 0.15) is 5.75 Å². The molecule has 17 heavy (non-hydrogen) atoms. The lowest BCUT2D eigenvalue weighted by Crippen LogP contribution is -2.01. The van der Waals surface area contributed by atoms with Gasteiger partial charge in [0.2, 0.25) is 9.05 Å². The van der Waals surface area contributed by atoms with Gasteiger partial charge in [-0.25, -0.2) is 8.42 Å². The summed E-state index contributed by atoms with van der Waals surface area (Å²) in [6, 6.07) is 3.35. The molecule has 96 valence electrons. The number of ether oxygens (including phenoxy) is 1. The van der Waals surface area contributed by atoms with Crippen LogP contribution in [0, 0.1) is 0 Å². The maximum atomic E-state index is 11.1. The fourth-order valence-corrected chi connectivity index (χ4v) is 2.90. The third-order valence-corrected chi connectivity index (χ3v) is 3.66. The van der Waals surface area contributed by atoms with Crippen molar-refractivity contribution in [3.8, 4) is 5.75 Å². The van der Waals surface area contributed by atoms with E-state index < -0.39 is 9.05 Å². The zero-order valence-electron chi connectivity index (χ0n) is 9.83. The van der Waals surface area contributed by atoms with E-state index in [1.807, 2.05) is 13.8 Å². The molecule has 1 rings (SSSR count). The van der Waals surface area contributed by atoms with Crippen LogP contribution in [0.5, 0.6) is 5.75 Å². The zero-order valence-corrected chi connectivity index (χ0v) is 12.2. The van der Waals surface area contributed by atoms with Crippen molar-refractivity contribution in [3.63, 3.8) is 0 Å². The molecule has 0 aliphatic carbocycles. The molecule has 1 aromatic rings. The van der Waals surface area contributed by atoms with Crippen LogP contribution >= 0.6 is 22.3 Å². The molecule has 0 aliphatic rings.